The number of carbonyl (C=O) groups is 1. The molecule has 8 heteroatoms. The average Bonchev–Trinajstić information content (AvgIpc) is 2.51. The predicted octanol–water partition coefficient (Wildman–Crippen LogP) is 2.97. The number of aromatic nitrogens is 2. The lowest BCUT2D eigenvalue weighted by Crippen LogP contribution is -2.16. The molecule has 0 saturated carbocycles. The molecule has 0 amide bonds. The molecule has 3 rings (SSSR count). The zero-order valence-electron chi connectivity index (χ0n) is 12.4. The summed E-state index contributed by atoms with van der Waals surface area (Å²) >= 11 is 5.93. The Hall–Kier alpha value is -2.93. The van der Waals surface area contributed by atoms with Crippen LogP contribution in [0.5, 0.6) is 0 Å². The van der Waals surface area contributed by atoms with Crippen LogP contribution < -0.4 is 11.2 Å². The summed E-state index contributed by atoms with van der Waals surface area (Å²) in [5.41, 5.74) is 5.73. The van der Waals surface area contributed by atoms with Crippen LogP contribution in [0.3, 0.4) is 0 Å². The minimum Gasteiger partial charge on any atom is -0.477 e. The zero-order chi connectivity index (χ0) is 17.6. The van der Waals surface area contributed by atoms with E-state index >= 15 is 0 Å². The number of nitrogens with one attached hydrogen (secondary N) is 1. The van der Waals surface area contributed by atoms with Crippen molar-refractivity contribution in [2.75, 3.05) is 5.73 Å². The second kappa shape index (κ2) is 5.61. The van der Waals surface area contributed by atoms with Gasteiger partial charge in [0.2, 0.25) is 5.43 Å². The van der Waals surface area contributed by atoms with Crippen LogP contribution in [0.2, 0.25) is 5.02 Å². The van der Waals surface area contributed by atoms with E-state index in [0.717, 1.165) is 12.3 Å². The van der Waals surface area contributed by atoms with Crippen molar-refractivity contribution in [2.24, 2.45) is 0 Å². The summed E-state index contributed by atoms with van der Waals surface area (Å²) in [6.45, 7) is 1.61. The molecule has 2 aromatic heterocycles. The van der Waals surface area contributed by atoms with Gasteiger partial charge in [-0.1, -0.05) is 11.6 Å². The maximum absolute atomic E-state index is 14.6. The standard InChI is InChI=1S/C16H11ClFN3O3/c1-6-12(7-2-10(17)15(19)21-4-7)11(18)3-8-13(6)20-5-9(14(8)22)16(23)24/h2-5H,1H3,(H2,19,21)(H,20,22)(H,23,24). The highest BCUT2D eigenvalue weighted by Crippen LogP contribution is 2.32. The molecule has 1 aromatic carbocycles. The minimum absolute atomic E-state index is 0.0387. The van der Waals surface area contributed by atoms with Gasteiger partial charge in [0, 0.05) is 28.9 Å². The molecule has 0 radical (unpaired) electrons. The van der Waals surface area contributed by atoms with E-state index in [2.05, 4.69) is 9.97 Å². The largest absolute Gasteiger partial charge is 0.477 e. The molecule has 0 aliphatic rings. The summed E-state index contributed by atoms with van der Waals surface area (Å²) in [6, 6.07) is 2.48. The first-order valence-corrected chi connectivity index (χ1v) is 7.18. The first kappa shape index (κ1) is 15.9. The van der Waals surface area contributed by atoms with Crippen LogP contribution >= 0.6 is 11.6 Å². The number of nitrogens with zero attached hydrogens (tertiary/aromatic N) is 1. The number of rotatable bonds is 2. The molecule has 0 fully saturated rings. The fraction of sp³-hybridized carbons (Fsp3) is 0.0625. The topological polar surface area (TPSA) is 109 Å². The number of nitrogen functional groups attached to an aromatic ring is 1. The Morgan fingerprint density at radius 1 is 1.42 bits per heavy atom. The molecule has 24 heavy (non-hydrogen) atoms. The summed E-state index contributed by atoms with van der Waals surface area (Å²) in [7, 11) is 0. The van der Waals surface area contributed by atoms with E-state index in [1.807, 2.05) is 0 Å². The zero-order valence-corrected chi connectivity index (χ0v) is 13.1. The number of aromatic carboxylic acids is 1. The molecule has 4 N–H and O–H groups in total. The Bertz CT molecular complexity index is 1060. The van der Waals surface area contributed by atoms with Crippen LogP contribution in [0, 0.1) is 12.7 Å². The molecule has 122 valence electrons. The van der Waals surface area contributed by atoms with Gasteiger partial charge in [-0.05, 0) is 24.6 Å². The highest BCUT2D eigenvalue weighted by Gasteiger charge is 2.18. The van der Waals surface area contributed by atoms with Crippen molar-refractivity contribution in [2.45, 2.75) is 6.92 Å². The molecule has 0 aliphatic heterocycles. The van der Waals surface area contributed by atoms with Crippen molar-refractivity contribution in [3.05, 3.63) is 56.7 Å². The summed E-state index contributed by atoms with van der Waals surface area (Å²) in [6.07, 6.45) is 2.47. The van der Waals surface area contributed by atoms with E-state index in [9.17, 15) is 14.0 Å². The summed E-state index contributed by atoms with van der Waals surface area (Å²) in [5.74, 6) is -1.94. The maximum Gasteiger partial charge on any atom is 0.341 e. The van der Waals surface area contributed by atoms with Crippen molar-refractivity contribution >= 4 is 34.3 Å². The number of halogens is 2. The third-order valence-corrected chi connectivity index (χ3v) is 4.07. The van der Waals surface area contributed by atoms with Crippen molar-refractivity contribution in [1.82, 2.24) is 9.97 Å². The highest BCUT2D eigenvalue weighted by molar-refractivity contribution is 6.33. The van der Waals surface area contributed by atoms with Gasteiger partial charge >= 0.3 is 5.97 Å². The van der Waals surface area contributed by atoms with Crippen molar-refractivity contribution in [1.29, 1.82) is 0 Å². The average molecular weight is 348 g/mol. The molecular formula is C16H11ClFN3O3. The van der Waals surface area contributed by atoms with Gasteiger partial charge < -0.3 is 15.8 Å². The van der Waals surface area contributed by atoms with Gasteiger partial charge in [-0.15, -0.1) is 0 Å². The van der Waals surface area contributed by atoms with E-state index in [-0.39, 0.29) is 21.8 Å². The first-order chi connectivity index (χ1) is 11.3. The number of hydrogen-bond donors (Lipinski definition) is 3. The molecular weight excluding hydrogens is 337 g/mol. The van der Waals surface area contributed by atoms with Crippen LogP contribution in [0.25, 0.3) is 22.0 Å². The molecule has 3 aromatic rings. The van der Waals surface area contributed by atoms with Gasteiger partial charge in [0.25, 0.3) is 0 Å². The molecule has 6 nitrogen and oxygen atoms in total. The molecule has 0 atom stereocenters. The van der Waals surface area contributed by atoms with E-state index in [1.165, 1.54) is 12.3 Å². The van der Waals surface area contributed by atoms with Crippen LogP contribution in [0.15, 0.2) is 29.3 Å². The number of aryl methyl sites for hydroxylation is 1. The molecule has 0 bridgehead atoms. The molecule has 2 heterocycles. The highest BCUT2D eigenvalue weighted by atomic mass is 35.5. The number of fused-ring (bicyclic) bond motifs is 1. The molecule has 0 saturated heterocycles. The SMILES string of the molecule is Cc1c(-c2cnc(N)c(Cl)c2)c(F)cc2c(=O)c(C(=O)O)c[nH]c12. The van der Waals surface area contributed by atoms with Gasteiger partial charge in [-0.3, -0.25) is 4.79 Å². The monoisotopic (exact) mass is 347 g/mol. The summed E-state index contributed by atoms with van der Waals surface area (Å²) in [4.78, 5) is 29.9. The van der Waals surface area contributed by atoms with Crippen molar-refractivity contribution in [3.63, 3.8) is 0 Å². The normalized spacial score (nSPS) is 11.0. The Balaban J connectivity index is 2.36. The lowest BCUT2D eigenvalue weighted by molar-refractivity contribution is 0.0695. The number of nitrogens with two attached hydrogens (primary N) is 1. The maximum atomic E-state index is 14.6. The molecule has 0 spiro atoms. The van der Waals surface area contributed by atoms with Gasteiger partial charge in [0.15, 0.2) is 0 Å². The number of carboxylic acids is 1. The van der Waals surface area contributed by atoms with Crippen molar-refractivity contribution in [3.8, 4) is 11.1 Å². The van der Waals surface area contributed by atoms with Gasteiger partial charge in [0.05, 0.1) is 10.5 Å². The third kappa shape index (κ3) is 2.39. The van der Waals surface area contributed by atoms with Gasteiger partial charge in [0.1, 0.15) is 17.2 Å². The van der Waals surface area contributed by atoms with Crippen LogP contribution in [-0.4, -0.2) is 21.0 Å². The summed E-state index contributed by atoms with van der Waals surface area (Å²) in [5, 5.41) is 9.15. The number of anilines is 1. The van der Waals surface area contributed by atoms with Gasteiger partial charge in [-0.25, -0.2) is 14.2 Å². The second-order valence-corrected chi connectivity index (χ2v) is 5.62. The number of hydrogen-bond acceptors (Lipinski definition) is 4. The van der Waals surface area contributed by atoms with E-state index in [1.54, 1.807) is 6.92 Å². The van der Waals surface area contributed by atoms with Gasteiger partial charge in [-0.2, -0.15) is 0 Å². The fourth-order valence-corrected chi connectivity index (χ4v) is 2.76. The Kier molecular flexibility index (Phi) is 3.73. The number of benzene rings is 1. The number of carboxylic acid groups (broad SMARTS) is 1. The quantitative estimate of drug-likeness (QED) is 0.660. The van der Waals surface area contributed by atoms with Crippen molar-refractivity contribution < 1.29 is 14.3 Å². The van der Waals surface area contributed by atoms with E-state index in [0.29, 0.717) is 16.6 Å². The second-order valence-electron chi connectivity index (χ2n) is 5.21. The Labute approximate surface area is 139 Å². The Morgan fingerprint density at radius 3 is 2.75 bits per heavy atom. The predicted molar refractivity (Wildman–Crippen MR) is 88.9 cm³/mol. The van der Waals surface area contributed by atoms with E-state index in [4.69, 9.17) is 22.4 Å². The lowest BCUT2D eigenvalue weighted by atomic mass is 9.97. The molecule has 0 aliphatic carbocycles. The minimum atomic E-state index is -1.38. The third-order valence-electron chi connectivity index (χ3n) is 3.77. The lowest BCUT2D eigenvalue weighted by Gasteiger charge is -2.12. The number of pyridine rings is 2. The fourth-order valence-electron chi connectivity index (χ4n) is 2.60. The molecule has 0 unspecified atom stereocenters. The number of H-pyrrole nitrogens is 1. The Morgan fingerprint density at radius 2 is 2.12 bits per heavy atom. The van der Waals surface area contributed by atoms with E-state index < -0.39 is 22.8 Å². The first-order valence-electron chi connectivity index (χ1n) is 6.80. The van der Waals surface area contributed by atoms with Crippen LogP contribution in [0.1, 0.15) is 15.9 Å². The van der Waals surface area contributed by atoms with Crippen LogP contribution in [-0.2, 0) is 0 Å². The van der Waals surface area contributed by atoms with Crippen LogP contribution in [0.4, 0.5) is 10.2 Å². The summed E-state index contributed by atoms with van der Waals surface area (Å²) < 4.78 is 14.6. The number of aromatic amines is 1. The smallest absolute Gasteiger partial charge is 0.341 e.